The molecule has 3 heterocycles. The first-order valence-electron chi connectivity index (χ1n) is 21.0. The minimum Gasteiger partial charge on any atom is -0.458 e. The molecule has 10 aromatic rings. The molecule has 0 saturated carbocycles. The van der Waals surface area contributed by atoms with Crippen LogP contribution in [0.3, 0.4) is 0 Å². The minimum absolute atomic E-state index is 0.0639. The van der Waals surface area contributed by atoms with E-state index < -0.39 is 0 Å². The highest BCUT2D eigenvalue weighted by molar-refractivity contribution is 7.26. The minimum atomic E-state index is -0.0639. The van der Waals surface area contributed by atoms with Crippen molar-refractivity contribution in [3.63, 3.8) is 0 Å². The van der Waals surface area contributed by atoms with Crippen molar-refractivity contribution in [2.75, 3.05) is 4.90 Å². The smallest absolute Gasteiger partial charge is 0.158 e. The van der Waals surface area contributed by atoms with Gasteiger partial charge >= 0.3 is 0 Å². The summed E-state index contributed by atoms with van der Waals surface area (Å²) in [7, 11) is 0. The zero-order chi connectivity index (χ0) is 40.0. The third-order valence-electron chi connectivity index (χ3n) is 13.0. The van der Waals surface area contributed by atoms with Crippen molar-refractivity contribution in [3.8, 4) is 16.8 Å². The maximum absolute atomic E-state index is 6.70. The van der Waals surface area contributed by atoms with Crippen LogP contribution in [0.15, 0.2) is 192 Å². The molecule has 3 aromatic heterocycles. The van der Waals surface area contributed by atoms with E-state index >= 15 is 0 Å². The average Bonchev–Trinajstić information content (AvgIpc) is 3.97. The maximum atomic E-state index is 6.70. The van der Waals surface area contributed by atoms with Gasteiger partial charge in [-0.15, -0.1) is 11.3 Å². The highest BCUT2D eigenvalue weighted by Gasteiger charge is 2.28. The molecular formula is C56H42N2OS. The molecule has 288 valence electrons. The predicted octanol–water partition coefficient (Wildman–Crippen LogP) is 15.7. The van der Waals surface area contributed by atoms with E-state index in [0.717, 1.165) is 35.6 Å². The molecular weight excluding hydrogens is 749 g/mol. The molecule has 0 fully saturated rings. The summed E-state index contributed by atoms with van der Waals surface area (Å²) in [6.07, 6.45) is 13.5. The number of nitrogens with zero attached hydrogens (tertiary/aromatic N) is 2. The Morgan fingerprint density at radius 3 is 2.25 bits per heavy atom. The lowest BCUT2D eigenvalue weighted by Crippen LogP contribution is -2.24. The van der Waals surface area contributed by atoms with E-state index in [1.165, 1.54) is 81.0 Å². The molecule has 12 rings (SSSR count). The van der Waals surface area contributed by atoms with E-state index in [2.05, 4.69) is 211 Å². The molecule has 2 unspecified atom stereocenters. The van der Waals surface area contributed by atoms with Crippen LogP contribution in [0.1, 0.15) is 37.2 Å². The largest absolute Gasteiger partial charge is 0.458 e. The van der Waals surface area contributed by atoms with Gasteiger partial charge in [-0.2, -0.15) is 0 Å². The summed E-state index contributed by atoms with van der Waals surface area (Å²) >= 11 is 1.88. The molecule has 0 radical (unpaired) electrons. The van der Waals surface area contributed by atoms with Gasteiger partial charge in [0.2, 0.25) is 0 Å². The Balaban J connectivity index is 0.960. The molecule has 0 spiro atoms. The highest BCUT2D eigenvalue weighted by atomic mass is 32.1. The van der Waals surface area contributed by atoms with E-state index in [1.807, 2.05) is 11.3 Å². The summed E-state index contributed by atoms with van der Waals surface area (Å²) in [5.74, 6) is 1.55. The van der Waals surface area contributed by atoms with Crippen molar-refractivity contribution in [2.45, 2.75) is 32.1 Å². The molecule has 0 saturated heterocycles. The lowest BCUT2D eigenvalue weighted by atomic mass is 9.77. The molecule has 2 atom stereocenters. The van der Waals surface area contributed by atoms with E-state index in [-0.39, 0.29) is 5.41 Å². The Labute approximate surface area is 353 Å². The number of para-hydroxylation sites is 2. The van der Waals surface area contributed by atoms with Gasteiger partial charge in [0.15, 0.2) is 5.58 Å². The first-order valence-corrected chi connectivity index (χ1v) is 21.8. The van der Waals surface area contributed by atoms with Crippen LogP contribution in [0.25, 0.3) is 75.8 Å². The van der Waals surface area contributed by atoms with Crippen LogP contribution in [0, 0.1) is 5.92 Å². The number of allylic oxidation sites excluding steroid dienone is 4. The monoisotopic (exact) mass is 790 g/mol. The molecule has 3 nitrogen and oxygen atoms in total. The van der Waals surface area contributed by atoms with Gasteiger partial charge in [-0.1, -0.05) is 147 Å². The van der Waals surface area contributed by atoms with Gasteiger partial charge < -0.3 is 13.9 Å². The van der Waals surface area contributed by atoms with Gasteiger partial charge in [-0.3, -0.25) is 0 Å². The molecule has 2 aliphatic carbocycles. The van der Waals surface area contributed by atoms with Crippen LogP contribution >= 0.6 is 11.3 Å². The van der Waals surface area contributed by atoms with E-state index in [1.54, 1.807) is 0 Å². The number of benzene rings is 7. The number of furan rings is 1. The number of fused-ring (bicyclic) bond motifs is 9. The second kappa shape index (κ2) is 13.6. The van der Waals surface area contributed by atoms with Gasteiger partial charge in [0.05, 0.1) is 27.1 Å². The van der Waals surface area contributed by atoms with Crippen molar-refractivity contribution < 1.29 is 4.42 Å². The summed E-state index contributed by atoms with van der Waals surface area (Å²) in [5.41, 5.74) is 12.8. The van der Waals surface area contributed by atoms with E-state index in [9.17, 15) is 0 Å². The second-order valence-corrected chi connectivity index (χ2v) is 17.9. The fourth-order valence-electron chi connectivity index (χ4n) is 9.78. The maximum Gasteiger partial charge on any atom is 0.158 e. The number of thiophene rings is 1. The standard InChI is InChI=1S/C56H42N2OS/c1-36-22-28-43-45-16-10-19-50(54(45)59-52(43)34-36)58-48-18-8-6-14-42(48)47-35-38(25-29-49(47)58)37-23-26-40(27-24-37)57(41-30-32-56(2,33-31-41)39-12-4-3-5-13-39)51-20-11-17-46-44-15-7-9-21-53(44)60-55(46)51/h3-32,35-36H,33-34H2,1-2H3. The first-order chi connectivity index (χ1) is 29.5. The molecule has 2 aliphatic rings. The second-order valence-electron chi connectivity index (χ2n) is 16.8. The fraction of sp³-hybridized carbons (Fsp3) is 0.107. The van der Waals surface area contributed by atoms with Gasteiger partial charge in [0, 0.05) is 60.4 Å². The summed E-state index contributed by atoms with van der Waals surface area (Å²) in [6, 6.07) is 57.9. The lowest BCUT2D eigenvalue weighted by Gasteiger charge is -2.33. The number of rotatable bonds is 6. The summed E-state index contributed by atoms with van der Waals surface area (Å²) in [4.78, 5) is 2.46. The number of hydrogen-bond donors (Lipinski definition) is 0. The molecule has 0 aliphatic heterocycles. The van der Waals surface area contributed by atoms with Crippen molar-refractivity contribution in [1.29, 1.82) is 0 Å². The Kier molecular flexibility index (Phi) is 7.95. The van der Waals surface area contributed by atoms with Gasteiger partial charge in [0.25, 0.3) is 0 Å². The van der Waals surface area contributed by atoms with Crippen LogP contribution in [0.2, 0.25) is 0 Å². The zero-order valence-corrected chi connectivity index (χ0v) is 34.4. The van der Waals surface area contributed by atoms with Gasteiger partial charge in [-0.25, -0.2) is 0 Å². The Morgan fingerprint density at radius 2 is 1.40 bits per heavy atom. The Morgan fingerprint density at radius 1 is 0.667 bits per heavy atom. The number of aromatic nitrogens is 1. The van der Waals surface area contributed by atoms with Crippen LogP contribution in [-0.2, 0) is 11.8 Å². The fourth-order valence-corrected chi connectivity index (χ4v) is 11.0. The highest BCUT2D eigenvalue weighted by Crippen LogP contribution is 2.46. The van der Waals surface area contributed by atoms with Crippen molar-refractivity contribution in [3.05, 3.63) is 205 Å². The van der Waals surface area contributed by atoms with Crippen LogP contribution in [0.4, 0.5) is 11.4 Å². The summed E-state index contributed by atoms with van der Waals surface area (Å²) in [5, 5.41) is 6.24. The molecule has 0 amide bonds. The van der Waals surface area contributed by atoms with E-state index in [0.29, 0.717) is 5.92 Å². The molecule has 7 aromatic carbocycles. The van der Waals surface area contributed by atoms with E-state index in [4.69, 9.17) is 4.42 Å². The quantitative estimate of drug-likeness (QED) is 0.167. The normalized spacial score (nSPS) is 17.6. The van der Waals surface area contributed by atoms with Crippen LogP contribution in [-0.4, -0.2) is 4.57 Å². The number of anilines is 2. The molecule has 60 heavy (non-hydrogen) atoms. The third-order valence-corrected chi connectivity index (χ3v) is 14.2. The van der Waals surface area contributed by atoms with Crippen molar-refractivity contribution in [2.24, 2.45) is 5.92 Å². The SMILES string of the molecule is CC1C=Cc2c(oc3c(-n4c5ccccc5c5cc(-c6ccc(N(C7=CCC(C)(c8ccccc8)C=C7)c7cccc8c7sc7ccccc78)cc6)ccc54)cccc23)C1. The van der Waals surface area contributed by atoms with Crippen molar-refractivity contribution in [1.82, 2.24) is 4.57 Å². The lowest BCUT2D eigenvalue weighted by molar-refractivity contribution is 0.512. The van der Waals surface area contributed by atoms with Crippen LogP contribution in [0.5, 0.6) is 0 Å². The number of hydrogen-bond acceptors (Lipinski definition) is 3. The summed E-state index contributed by atoms with van der Waals surface area (Å²) in [6.45, 7) is 4.59. The third kappa shape index (κ3) is 5.48. The Bertz CT molecular complexity index is 3410. The molecule has 4 heteroatoms. The zero-order valence-electron chi connectivity index (χ0n) is 33.6. The predicted molar refractivity (Wildman–Crippen MR) is 255 cm³/mol. The van der Waals surface area contributed by atoms with Crippen molar-refractivity contribution >= 4 is 81.7 Å². The topological polar surface area (TPSA) is 21.3 Å². The average molecular weight is 791 g/mol. The first kappa shape index (κ1) is 35.1. The Hall–Kier alpha value is -6.88. The summed E-state index contributed by atoms with van der Waals surface area (Å²) < 4.78 is 11.7. The van der Waals surface area contributed by atoms with Gasteiger partial charge in [-0.05, 0) is 83.6 Å². The van der Waals surface area contributed by atoms with Crippen LogP contribution < -0.4 is 4.90 Å². The molecule has 0 bridgehead atoms. The van der Waals surface area contributed by atoms with Gasteiger partial charge in [0.1, 0.15) is 5.76 Å². The molecule has 0 N–H and O–H groups in total.